The fourth-order valence-electron chi connectivity index (χ4n) is 0.683. The monoisotopic (exact) mass is 180 g/mol. The van der Waals surface area contributed by atoms with Gasteiger partial charge in [-0.2, -0.15) is 0 Å². The highest BCUT2D eigenvalue weighted by Gasteiger charge is 1.83. The number of alkyl halides is 1. The van der Waals surface area contributed by atoms with E-state index in [1.807, 2.05) is 0 Å². The maximum absolute atomic E-state index is 5.49. The predicted molar refractivity (Wildman–Crippen MR) is 48.9 cm³/mol. The van der Waals surface area contributed by atoms with Gasteiger partial charge < -0.3 is 0 Å². The van der Waals surface area contributed by atoms with Gasteiger partial charge in [0.25, 0.3) is 0 Å². The summed E-state index contributed by atoms with van der Waals surface area (Å²) in [7, 11) is 0. The van der Waals surface area contributed by atoms with Crippen molar-refractivity contribution in [2.75, 3.05) is 5.88 Å². The lowest BCUT2D eigenvalue weighted by Crippen LogP contribution is -1.79. The molecule has 0 bridgehead atoms. The normalized spacial score (nSPS) is 8.75. The van der Waals surface area contributed by atoms with Crippen molar-refractivity contribution >= 4 is 11.6 Å². The van der Waals surface area contributed by atoms with E-state index in [0.29, 0.717) is 5.88 Å². The molecule has 1 aromatic heterocycles. The van der Waals surface area contributed by atoms with Gasteiger partial charge in [-0.25, -0.2) is 9.97 Å². The highest BCUT2D eigenvalue weighted by Crippen LogP contribution is 1.92. The minimum Gasteiger partial charge on any atom is -0.244 e. The molecule has 3 heteroatoms. The number of unbranched alkanes of at least 4 members (excludes halogenated alkanes) is 1. The molecule has 1 aromatic rings. The van der Waals surface area contributed by atoms with Crippen LogP contribution in [0.3, 0.4) is 0 Å². The number of nitrogens with zero attached hydrogens (tertiary/aromatic N) is 2. The van der Waals surface area contributed by atoms with Gasteiger partial charge in [-0.15, -0.1) is 11.6 Å². The second kappa shape index (κ2) is 5.56. The van der Waals surface area contributed by atoms with Gasteiger partial charge in [0.15, 0.2) is 0 Å². The van der Waals surface area contributed by atoms with E-state index in [2.05, 4.69) is 21.8 Å². The molecule has 0 aliphatic carbocycles. The van der Waals surface area contributed by atoms with Crippen LogP contribution in [-0.2, 0) is 0 Å². The largest absolute Gasteiger partial charge is 0.244 e. The van der Waals surface area contributed by atoms with Crippen LogP contribution in [0.25, 0.3) is 0 Å². The van der Waals surface area contributed by atoms with Crippen molar-refractivity contribution < 1.29 is 0 Å². The molecule has 62 valence electrons. The molecular weight excluding hydrogens is 172 g/mol. The van der Waals surface area contributed by atoms with Gasteiger partial charge in [-0.05, 0) is 6.42 Å². The number of halogens is 1. The van der Waals surface area contributed by atoms with E-state index in [0.717, 1.165) is 18.4 Å². The predicted octanol–water partition coefficient (Wildman–Crippen LogP) is 1.85. The van der Waals surface area contributed by atoms with E-state index in [9.17, 15) is 0 Å². The second-order valence-corrected chi connectivity index (χ2v) is 2.60. The van der Waals surface area contributed by atoms with Crippen LogP contribution in [-0.4, -0.2) is 15.8 Å². The lowest BCUT2D eigenvalue weighted by molar-refractivity contribution is 0.991. The van der Waals surface area contributed by atoms with E-state index in [4.69, 9.17) is 11.6 Å². The quantitative estimate of drug-likeness (QED) is 0.394. The van der Waals surface area contributed by atoms with Gasteiger partial charge >= 0.3 is 0 Å². The standard InChI is InChI=1S/C9H9ClN2/c10-5-3-1-2-4-9-6-11-8-12-7-9/h6-8H,1,3,5H2. The van der Waals surface area contributed by atoms with Crippen molar-refractivity contribution in [3.63, 3.8) is 0 Å². The zero-order chi connectivity index (χ0) is 8.65. The van der Waals surface area contributed by atoms with Crippen LogP contribution in [0.1, 0.15) is 18.4 Å². The Kier molecular flexibility index (Phi) is 4.18. The van der Waals surface area contributed by atoms with E-state index in [1.165, 1.54) is 6.33 Å². The Hall–Kier alpha value is -1.07. The van der Waals surface area contributed by atoms with Crippen LogP contribution in [0.15, 0.2) is 18.7 Å². The van der Waals surface area contributed by atoms with Crippen molar-refractivity contribution in [2.45, 2.75) is 12.8 Å². The van der Waals surface area contributed by atoms with Gasteiger partial charge in [0.1, 0.15) is 6.33 Å². The topological polar surface area (TPSA) is 25.8 Å². The molecule has 0 fully saturated rings. The first kappa shape index (κ1) is 9.02. The molecule has 0 aromatic carbocycles. The van der Waals surface area contributed by atoms with Gasteiger partial charge in [-0.3, -0.25) is 0 Å². The number of hydrogen-bond acceptors (Lipinski definition) is 2. The minimum absolute atomic E-state index is 0.667. The van der Waals surface area contributed by atoms with Gasteiger partial charge in [0.05, 0.1) is 5.56 Å². The van der Waals surface area contributed by atoms with Crippen molar-refractivity contribution in [2.24, 2.45) is 0 Å². The van der Waals surface area contributed by atoms with Crippen molar-refractivity contribution in [1.82, 2.24) is 9.97 Å². The Morgan fingerprint density at radius 3 is 2.75 bits per heavy atom. The second-order valence-electron chi connectivity index (χ2n) is 2.22. The van der Waals surface area contributed by atoms with Crippen molar-refractivity contribution in [1.29, 1.82) is 0 Å². The molecule has 0 N–H and O–H groups in total. The summed E-state index contributed by atoms with van der Waals surface area (Å²) in [4.78, 5) is 7.69. The zero-order valence-electron chi connectivity index (χ0n) is 6.63. The van der Waals surface area contributed by atoms with E-state index in [1.54, 1.807) is 12.4 Å². The number of aromatic nitrogens is 2. The first-order chi connectivity index (χ1) is 5.93. The molecule has 12 heavy (non-hydrogen) atoms. The molecule has 0 aliphatic heterocycles. The van der Waals surface area contributed by atoms with E-state index >= 15 is 0 Å². The lowest BCUT2D eigenvalue weighted by atomic mass is 10.3. The molecule has 1 heterocycles. The van der Waals surface area contributed by atoms with Crippen LogP contribution in [0.4, 0.5) is 0 Å². The smallest absolute Gasteiger partial charge is 0.115 e. The highest BCUT2D eigenvalue weighted by atomic mass is 35.5. The summed E-state index contributed by atoms with van der Waals surface area (Å²) in [6.45, 7) is 0. The third-order valence-electron chi connectivity index (χ3n) is 1.23. The van der Waals surface area contributed by atoms with E-state index < -0.39 is 0 Å². The molecule has 0 radical (unpaired) electrons. The molecule has 0 unspecified atom stereocenters. The Bertz CT molecular complexity index is 274. The molecular formula is C9H9ClN2. The van der Waals surface area contributed by atoms with Crippen molar-refractivity contribution in [3.8, 4) is 11.8 Å². The van der Waals surface area contributed by atoms with Crippen molar-refractivity contribution in [3.05, 3.63) is 24.3 Å². The zero-order valence-corrected chi connectivity index (χ0v) is 7.38. The molecule has 0 atom stereocenters. The van der Waals surface area contributed by atoms with Crippen LogP contribution < -0.4 is 0 Å². The maximum Gasteiger partial charge on any atom is 0.115 e. The lowest BCUT2D eigenvalue weighted by Gasteiger charge is -1.85. The van der Waals surface area contributed by atoms with Crippen LogP contribution in [0, 0.1) is 11.8 Å². The van der Waals surface area contributed by atoms with E-state index in [-0.39, 0.29) is 0 Å². The molecule has 1 rings (SSSR count). The minimum atomic E-state index is 0.667. The highest BCUT2D eigenvalue weighted by molar-refractivity contribution is 6.17. The fourth-order valence-corrected chi connectivity index (χ4v) is 0.817. The molecule has 0 saturated carbocycles. The summed E-state index contributed by atoms with van der Waals surface area (Å²) in [5.74, 6) is 6.60. The third kappa shape index (κ3) is 3.36. The molecule has 0 amide bonds. The first-order valence-electron chi connectivity index (χ1n) is 3.73. The summed E-state index contributed by atoms with van der Waals surface area (Å²) in [5, 5.41) is 0. The molecule has 0 saturated heterocycles. The Morgan fingerprint density at radius 1 is 1.33 bits per heavy atom. The summed E-state index contributed by atoms with van der Waals surface area (Å²) in [6, 6.07) is 0. The molecule has 2 nitrogen and oxygen atoms in total. The number of hydrogen-bond donors (Lipinski definition) is 0. The Labute approximate surface area is 77.0 Å². The summed E-state index contributed by atoms with van der Waals surface area (Å²) < 4.78 is 0. The maximum atomic E-state index is 5.49. The van der Waals surface area contributed by atoms with Crippen LogP contribution >= 0.6 is 11.6 Å². The summed E-state index contributed by atoms with van der Waals surface area (Å²) in [5.41, 5.74) is 0.854. The summed E-state index contributed by atoms with van der Waals surface area (Å²) in [6.07, 6.45) is 6.64. The van der Waals surface area contributed by atoms with Crippen LogP contribution in [0.5, 0.6) is 0 Å². The van der Waals surface area contributed by atoms with Crippen LogP contribution in [0.2, 0.25) is 0 Å². The SMILES string of the molecule is ClCCCC#Cc1cncnc1. The fraction of sp³-hybridized carbons (Fsp3) is 0.333. The third-order valence-corrected chi connectivity index (χ3v) is 1.50. The first-order valence-corrected chi connectivity index (χ1v) is 4.27. The van der Waals surface area contributed by atoms with Gasteiger partial charge in [0, 0.05) is 24.7 Å². The Morgan fingerprint density at radius 2 is 2.08 bits per heavy atom. The summed E-state index contributed by atoms with van der Waals surface area (Å²) >= 11 is 5.49. The average molecular weight is 181 g/mol. The molecule has 0 aliphatic rings. The number of rotatable bonds is 2. The van der Waals surface area contributed by atoms with Gasteiger partial charge in [-0.1, -0.05) is 11.8 Å². The molecule has 0 spiro atoms. The van der Waals surface area contributed by atoms with Gasteiger partial charge in [0.2, 0.25) is 0 Å². The Balaban J connectivity index is 2.44. The average Bonchev–Trinajstić information content (AvgIpc) is 2.14.